The predicted octanol–water partition coefficient (Wildman–Crippen LogP) is 4.93. The number of hydrogen-bond acceptors (Lipinski definition) is 4. The molecule has 0 aliphatic carbocycles. The Kier molecular flexibility index (Phi) is 6.64. The van der Waals surface area contributed by atoms with E-state index in [4.69, 9.17) is 16.3 Å². The fourth-order valence-electron chi connectivity index (χ4n) is 3.31. The first-order chi connectivity index (χ1) is 14.6. The van der Waals surface area contributed by atoms with Crippen molar-refractivity contribution in [3.05, 3.63) is 47.0 Å². The van der Waals surface area contributed by atoms with Crippen molar-refractivity contribution in [2.24, 2.45) is 0 Å². The van der Waals surface area contributed by atoms with Crippen molar-refractivity contribution in [2.75, 3.05) is 29.2 Å². The molecule has 2 aromatic carbocycles. The lowest BCUT2D eigenvalue weighted by Gasteiger charge is -2.22. The van der Waals surface area contributed by atoms with Crippen LogP contribution in [-0.4, -0.2) is 31.5 Å². The third kappa shape index (κ3) is 5.22. The van der Waals surface area contributed by atoms with Crippen LogP contribution >= 0.6 is 11.6 Å². The maximum absolute atomic E-state index is 13.3. The van der Waals surface area contributed by atoms with Crippen LogP contribution in [0.1, 0.15) is 25.3 Å². The zero-order chi connectivity index (χ0) is 22.8. The largest absolute Gasteiger partial charge is 0.495 e. The third-order valence-electron chi connectivity index (χ3n) is 4.86. The van der Waals surface area contributed by atoms with Gasteiger partial charge in [0.1, 0.15) is 11.8 Å². The summed E-state index contributed by atoms with van der Waals surface area (Å²) in [6, 6.07) is 7.28. The topological polar surface area (TPSA) is 70.7 Å². The van der Waals surface area contributed by atoms with Gasteiger partial charge in [-0.3, -0.25) is 9.59 Å². The van der Waals surface area contributed by atoms with Gasteiger partial charge in [-0.15, -0.1) is 0 Å². The van der Waals surface area contributed by atoms with Crippen LogP contribution in [-0.2, 0) is 15.8 Å². The molecule has 166 valence electrons. The number of anilines is 3. The van der Waals surface area contributed by atoms with Crippen molar-refractivity contribution in [1.82, 2.24) is 0 Å². The molecule has 1 aliphatic heterocycles. The Morgan fingerprint density at radius 1 is 1.23 bits per heavy atom. The highest BCUT2D eigenvalue weighted by Crippen LogP contribution is 2.37. The molecule has 31 heavy (non-hydrogen) atoms. The van der Waals surface area contributed by atoms with Gasteiger partial charge in [0.15, 0.2) is 0 Å². The summed E-state index contributed by atoms with van der Waals surface area (Å²) in [5.74, 6) is -0.181. The van der Waals surface area contributed by atoms with Crippen LogP contribution in [0.4, 0.5) is 30.2 Å². The van der Waals surface area contributed by atoms with E-state index in [1.54, 1.807) is 23.1 Å². The lowest BCUT2D eigenvalue weighted by atomic mass is 10.1. The number of alkyl halides is 3. The molecule has 10 heteroatoms. The van der Waals surface area contributed by atoms with E-state index in [0.717, 1.165) is 18.6 Å². The summed E-state index contributed by atoms with van der Waals surface area (Å²) in [6.45, 7) is 2.08. The first-order valence-corrected chi connectivity index (χ1v) is 9.90. The first kappa shape index (κ1) is 22.7. The van der Waals surface area contributed by atoms with Gasteiger partial charge in [-0.05, 0) is 49.7 Å². The molecule has 0 bridgehead atoms. The van der Waals surface area contributed by atoms with Gasteiger partial charge in [-0.2, -0.15) is 13.2 Å². The molecule has 0 spiro atoms. The SMILES string of the molecule is COc1ccc(NC(C)C(=O)Nc2ccc(Cl)cc2C(F)(F)F)cc1N1CCCC1=O. The van der Waals surface area contributed by atoms with Crippen LogP contribution in [0.2, 0.25) is 5.02 Å². The number of halogens is 4. The second-order valence-corrected chi connectivity index (χ2v) is 7.51. The summed E-state index contributed by atoms with van der Waals surface area (Å²) in [7, 11) is 1.49. The third-order valence-corrected chi connectivity index (χ3v) is 5.10. The van der Waals surface area contributed by atoms with Gasteiger partial charge < -0.3 is 20.3 Å². The van der Waals surface area contributed by atoms with Gasteiger partial charge in [-0.1, -0.05) is 11.6 Å². The Balaban J connectivity index is 1.77. The summed E-state index contributed by atoms with van der Waals surface area (Å²) in [4.78, 5) is 26.3. The van der Waals surface area contributed by atoms with Crippen molar-refractivity contribution < 1.29 is 27.5 Å². The molecule has 0 radical (unpaired) electrons. The molecule has 1 saturated heterocycles. The molecule has 1 atom stereocenters. The van der Waals surface area contributed by atoms with E-state index in [9.17, 15) is 22.8 Å². The van der Waals surface area contributed by atoms with Crippen molar-refractivity contribution in [2.45, 2.75) is 32.0 Å². The Morgan fingerprint density at radius 3 is 2.58 bits per heavy atom. The number of nitrogens with one attached hydrogen (secondary N) is 2. The molecule has 1 aliphatic rings. The second kappa shape index (κ2) is 9.05. The molecule has 1 fully saturated rings. The molecule has 2 N–H and O–H groups in total. The van der Waals surface area contributed by atoms with E-state index in [2.05, 4.69) is 10.6 Å². The van der Waals surface area contributed by atoms with Crippen molar-refractivity contribution >= 4 is 40.5 Å². The number of carbonyl (C=O) groups is 2. The fourth-order valence-corrected chi connectivity index (χ4v) is 3.48. The zero-order valence-electron chi connectivity index (χ0n) is 16.8. The second-order valence-electron chi connectivity index (χ2n) is 7.08. The van der Waals surface area contributed by atoms with Crippen LogP contribution in [0.3, 0.4) is 0 Å². The molecule has 2 aromatic rings. The fraction of sp³-hybridized carbons (Fsp3) is 0.333. The monoisotopic (exact) mass is 455 g/mol. The zero-order valence-corrected chi connectivity index (χ0v) is 17.6. The average molecular weight is 456 g/mol. The molecule has 6 nitrogen and oxygen atoms in total. The Morgan fingerprint density at radius 2 is 1.97 bits per heavy atom. The number of ether oxygens (including phenoxy) is 1. The number of benzene rings is 2. The van der Waals surface area contributed by atoms with Crippen LogP contribution in [0.15, 0.2) is 36.4 Å². The molecule has 1 unspecified atom stereocenters. The number of nitrogens with zero attached hydrogens (tertiary/aromatic N) is 1. The minimum Gasteiger partial charge on any atom is -0.495 e. The van der Waals surface area contributed by atoms with Crippen molar-refractivity contribution in [1.29, 1.82) is 0 Å². The van der Waals surface area contributed by atoms with E-state index in [-0.39, 0.29) is 16.6 Å². The van der Waals surface area contributed by atoms with E-state index >= 15 is 0 Å². The van der Waals surface area contributed by atoms with Gasteiger partial charge in [0.25, 0.3) is 0 Å². The summed E-state index contributed by atoms with van der Waals surface area (Å²) in [5.41, 5.74) is -0.321. The molecular weight excluding hydrogens is 435 g/mol. The van der Waals surface area contributed by atoms with E-state index in [0.29, 0.717) is 30.1 Å². The Labute approximate surface area is 182 Å². The maximum Gasteiger partial charge on any atom is 0.418 e. The normalized spacial score (nSPS) is 15.0. The van der Waals surface area contributed by atoms with E-state index in [1.807, 2.05) is 0 Å². The van der Waals surface area contributed by atoms with Crippen LogP contribution in [0.5, 0.6) is 5.75 Å². The summed E-state index contributed by atoms with van der Waals surface area (Å²) < 4.78 is 45.1. The number of hydrogen-bond donors (Lipinski definition) is 2. The van der Waals surface area contributed by atoms with Gasteiger partial charge in [-0.25, -0.2) is 0 Å². The predicted molar refractivity (Wildman–Crippen MR) is 113 cm³/mol. The molecule has 3 rings (SSSR count). The average Bonchev–Trinajstić information content (AvgIpc) is 3.14. The van der Waals surface area contributed by atoms with Gasteiger partial charge in [0.05, 0.1) is 24.0 Å². The van der Waals surface area contributed by atoms with E-state index in [1.165, 1.54) is 20.1 Å². The van der Waals surface area contributed by atoms with Gasteiger partial charge >= 0.3 is 6.18 Å². The Hall–Kier alpha value is -2.94. The lowest BCUT2D eigenvalue weighted by Crippen LogP contribution is -2.32. The van der Waals surface area contributed by atoms with Gasteiger partial charge in [0.2, 0.25) is 11.8 Å². The maximum atomic E-state index is 13.3. The molecule has 0 aromatic heterocycles. The van der Waals surface area contributed by atoms with Crippen molar-refractivity contribution in [3.63, 3.8) is 0 Å². The van der Waals surface area contributed by atoms with Crippen molar-refractivity contribution in [3.8, 4) is 5.75 Å². The van der Waals surface area contributed by atoms with Crippen LogP contribution < -0.4 is 20.3 Å². The van der Waals surface area contributed by atoms with E-state index < -0.39 is 23.7 Å². The highest BCUT2D eigenvalue weighted by molar-refractivity contribution is 6.30. The number of rotatable bonds is 6. The highest BCUT2D eigenvalue weighted by Gasteiger charge is 2.34. The number of amides is 2. The highest BCUT2D eigenvalue weighted by atomic mass is 35.5. The first-order valence-electron chi connectivity index (χ1n) is 9.52. The molecule has 1 heterocycles. The molecule has 0 saturated carbocycles. The number of methoxy groups -OCH3 is 1. The number of carbonyl (C=O) groups excluding carboxylic acids is 2. The summed E-state index contributed by atoms with van der Waals surface area (Å²) in [5, 5.41) is 5.16. The minimum atomic E-state index is -4.67. The molecule has 2 amide bonds. The summed E-state index contributed by atoms with van der Waals surface area (Å²) in [6.07, 6.45) is -3.49. The Bertz CT molecular complexity index is 998. The van der Waals surface area contributed by atoms with Crippen LogP contribution in [0.25, 0.3) is 0 Å². The standard InChI is InChI=1S/C21H21ClF3N3O3/c1-12(20(30)27-16-7-5-13(22)10-15(16)21(23,24)25)26-14-6-8-18(31-2)17(11-14)28-9-3-4-19(28)29/h5-8,10-12,26H,3-4,9H2,1-2H3,(H,27,30). The smallest absolute Gasteiger partial charge is 0.418 e. The molecular formula is C21H21ClF3N3O3. The quantitative estimate of drug-likeness (QED) is 0.647. The summed E-state index contributed by atoms with van der Waals surface area (Å²) >= 11 is 5.67. The lowest BCUT2D eigenvalue weighted by molar-refractivity contribution is -0.137. The van der Waals surface area contributed by atoms with Gasteiger partial charge in [0, 0.05) is 23.7 Å². The minimum absolute atomic E-state index is 0.0244. The van der Waals surface area contributed by atoms with Crippen LogP contribution in [0, 0.1) is 0 Å².